The van der Waals surface area contributed by atoms with Crippen LogP contribution in [0.1, 0.15) is 31.7 Å². The SMILES string of the molecule is CCn1c(CN(C=O)C(=O)C2=CC=CCC2C)[n+](Cc2ccccc2)c2ccc(Cl)cc21. The molecule has 1 aliphatic carbocycles. The Balaban J connectivity index is 1.80. The third kappa shape index (κ3) is 4.26. The normalized spacial score (nSPS) is 15.6. The average molecular weight is 449 g/mol. The van der Waals surface area contributed by atoms with Crippen LogP contribution in [-0.4, -0.2) is 21.8 Å². The van der Waals surface area contributed by atoms with Crippen molar-refractivity contribution in [2.45, 2.75) is 39.9 Å². The molecule has 0 bridgehead atoms. The van der Waals surface area contributed by atoms with E-state index in [1.165, 1.54) is 4.90 Å². The Bertz CT molecular complexity index is 1210. The molecule has 0 radical (unpaired) electrons. The Morgan fingerprint density at radius 3 is 2.72 bits per heavy atom. The Labute approximate surface area is 193 Å². The molecular weight excluding hydrogens is 422 g/mol. The fraction of sp³-hybridized carbons (Fsp3) is 0.269. The monoisotopic (exact) mass is 448 g/mol. The van der Waals surface area contributed by atoms with Crippen LogP contribution in [-0.2, 0) is 29.2 Å². The van der Waals surface area contributed by atoms with E-state index < -0.39 is 0 Å². The van der Waals surface area contributed by atoms with Gasteiger partial charge in [-0.05, 0) is 37.0 Å². The summed E-state index contributed by atoms with van der Waals surface area (Å²) in [5, 5.41) is 0.652. The number of amides is 2. The van der Waals surface area contributed by atoms with Gasteiger partial charge in [0.05, 0.1) is 6.54 Å². The van der Waals surface area contributed by atoms with Crippen LogP contribution in [0.3, 0.4) is 0 Å². The third-order valence-electron chi connectivity index (χ3n) is 6.02. The van der Waals surface area contributed by atoms with Crippen molar-refractivity contribution in [2.24, 2.45) is 5.92 Å². The first kappa shape index (κ1) is 22.0. The Kier molecular flexibility index (Phi) is 6.56. The number of aromatic nitrogens is 2. The van der Waals surface area contributed by atoms with Crippen LogP contribution in [0.5, 0.6) is 0 Å². The van der Waals surface area contributed by atoms with Gasteiger partial charge in [-0.25, -0.2) is 9.13 Å². The maximum atomic E-state index is 13.2. The van der Waals surface area contributed by atoms with E-state index in [1.54, 1.807) is 0 Å². The van der Waals surface area contributed by atoms with Crippen LogP contribution in [0.4, 0.5) is 0 Å². The molecule has 0 aliphatic heterocycles. The molecule has 1 aromatic heterocycles. The van der Waals surface area contributed by atoms with Crippen LogP contribution in [0.25, 0.3) is 11.0 Å². The lowest BCUT2D eigenvalue weighted by atomic mass is 9.92. The van der Waals surface area contributed by atoms with Gasteiger partial charge in [-0.2, -0.15) is 0 Å². The highest BCUT2D eigenvalue weighted by molar-refractivity contribution is 6.31. The summed E-state index contributed by atoms with van der Waals surface area (Å²) in [5.74, 6) is 0.727. The number of carbonyl (C=O) groups is 2. The van der Waals surface area contributed by atoms with E-state index in [0.29, 0.717) is 30.1 Å². The molecule has 5 nitrogen and oxygen atoms in total. The van der Waals surface area contributed by atoms with Gasteiger partial charge in [-0.3, -0.25) is 14.5 Å². The first-order valence-electron chi connectivity index (χ1n) is 10.9. The summed E-state index contributed by atoms with van der Waals surface area (Å²) in [7, 11) is 0. The van der Waals surface area contributed by atoms with Crippen molar-refractivity contribution in [3.8, 4) is 0 Å². The number of hydrogen-bond acceptors (Lipinski definition) is 2. The van der Waals surface area contributed by atoms with Gasteiger partial charge < -0.3 is 0 Å². The summed E-state index contributed by atoms with van der Waals surface area (Å²) in [6, 6.07) is 16.0. The van der Waals surface area contributed by atoms with Crippen molar-refractivity contribution >= 4 is 35.0 Å². The number of aryl methyl sites for hydroxylation is 1. The van der Waals surface area contributed by atoms with Gasteiger partial charge in [0.1, 0.15) is 13.1 Å². The van der Waals surface area contributed by atoms with Gasteiger partial charge in [0, 0.05) is 16.7 Å². The first-order valence-corrected chi connectivity index (χ1v) is 11.3. The molecule has 1 atom stereocenters. The lowest BCUT2D eigenvalue weighted by molar-refractivity contribution is -0.671. The largest absolute Gasteiger partial charge is 0.278 e. The molecule has 1 aliphatic rings. The zero-order chi connectivity index (χ0) is 22.7. The van der Waals surface area contributed by atoms with Crippen molar-refractivity contribution in [1.29, 1.82) is 0 Å². The van der Waals surface area contributed by atoms with Crippen molar-refractivity contribution in [1.82, 2.24) is 9.47 Å². The summed E-state index contributed by atoms with van der Waals surface area (Å²) >= 11 is 6.31. The van der Waals surface area contributed by atoms with Crippen LogP contribution in [0.2, 0.25) is 5.02 Å². The molecule has 3 aromatic rings. The number of carbonyl (C=O) groups excluding carboxylic acids is 2. The molecule has 1 heterocycles. The van der Waals surface area contributed by atoms with Gasteiger partial charge in [-0.15, -0.1) is 0 Å². The van der Waals surface area contributed by atoms with Gasteiger partial charge in [0.2, 0.25) is 6.41 Å². The molecule has 0 spiro atoms. The molecule has 2 amide bonds. The highest BCUT2D eigenvalue weighted by Gasteiger charge is 2.30. The molecule has 0 saturated carbocycles. The molecule has 2 aromatic carbocycles. The lowest BCUT2D eigenvalue weighted by Crippen LogP contribution is -2.43. The topological polar surface area (TPSA) is 46.2 Å². The Hall–Kier alpha value is -3.18. The molecule has 1 unspecified atom stereocenters. The maximum absolute atomic E-state index is 13.2. The Morgan fingerprint density at radius 2 is 2.03 bits per heavy atom. The molecule has 0 N–H and O–H groups in total. The summed E-state index contributed by atoms with van der Waals surface area (Å²) in [5.41, 5.74) is 3.80. The van der Waals surface area contributed by atoms with Crippen molar-refractivity contribution in [2.75, 3.05) is 0 Å². The summed E-state index contributed by atoms with van der Waals surface area (Å²) in [6.07, 6.45) is 7.19. The van der Waals surface area contributed by atoms with Crippen LogP contribution >= 0.6 is 11.6 Å². The predicted octanol–water partition coefficient (Wildman–Crippen LogP) is 4.66. The average Bonchev–Trinajstić information content (AvgIpc) is 3.09. The second kappa shape index (κ2) is 9.53. The summed E-state index contributed by atoms with van der Waals surface area (Å²) in [4.78, 5) is 26.6. The predicted molar refractivity (Wildman–Crippen MR) is 126 cm³/mol. The van der Waals surface area contributed by atoms with Crippen LogP contribution < -0.4 is 4.57 Å². The van der Waals surface area contributed by atoms with E-state index in [2.05, 4.69) is 28.2 Å². The van der Waals surface area contributed by atoms with Crippen LogP contribution in [0, 0.1) is 5.92 Å². The van der Waals surface area contributed by atoms with Crippen LogP contribution in [0.15, 0.2) is 72.3 Å². The van der Waals surface area contributed by atoms with E-state index in [1.807, 2.05) is 61.5 Å². The molecule has 32 heavy (non-hydrogen) atoms. The third-order valence-corrected chi connectivity index (χ3v) is 6.26. The zero-order valence-corrected chi connectivity index (χ0v) is 19.1. The minimum Gasteiger partial charge on any atom is -0.278 e. The van der Waals surface area contributed by atoms with Crippen molar-refractivity contribution in [3.63, 3.8) is 0 Å². The number of rotatable bonds is 7. The first-order chi connectivity index (χ1) is 15.5. The van der Waals surface area contributed by atoms with Gasteiger partial charge in [0.25, 0.3) is 11.7 Å². The number of halogens is 1. The number of imide groups is 1. The van der Waals surface area contributed by atoms with Crippen molar-refractivity contribution < 1.29 is 14.2 Å². The van der Waals surface area contributed by atoms with E-state index in [-0.39, 0.29) is 18.4 Å². The minimum absolute atomic E-state index is 0.0854. The minimum atomic E-state index is -0.242. The van der Waals surface area contributed by atoms with Gasteiger partial charge in [0.15, 0.2) is 11.0 Å². The fourth-order valence-electron chi connectivity index (χ4n) is 4.33. The highest BCUT2D eigenvalue weighted by Crippen LogP contribution is 2.24. The molecule has 164 valence electrons. The number of benzene rings is 2. The fourth-order valence-corrected chi connectivity index (χ4v) is 4.50. The van der Waals surface area contributed by atoms with Gasteiger partial charge >= 0.3 is 0 Å². The molecule has 4 rings (SSSR count). The summed E-state index contributed by atoms with van der Waals surface area (Å²) in [6.45, 7) is 5.57. The van der Waals surface area contributed by atoms with E-state index in [4.69, 9.17) is 11.6 Å². The molecule has 0 fully saturated rings. The van der Waals surface area contributed by atoms with E-state index in [0.717, 1.165) is 28.8 Å². The Morgan fingerprint density at radius 1 is 1.25 bits per heavy atom. The standard InChI is InChI=1S/C26H27ClN3O2/c1-3-29-24-15-21(27)13-14-23(24)30(16-20-10-5-4-6-11-20)25(29)17-28(18-31)26(32)22-12-8-7-9-19(22)2/h4-8,10-15,18-19H,3,9,16-17H2,1-2H3/q+1. The molecule has 0 saturated heterocycles. The number of hydrogen-bond donors (Lipinski definition) is 0. The maximum Gasteiger partial charge on any atom is 0.278 e. The van der Waals surface area contributed by atoms with Gasteiger partial charge in [-0.1, -0.05) is 67.1 Å². The molecular formula is C26H27ClN3O2+. The lowest BCUT2D eigenvalue weighted by Gasteiger charge is -2.21. The van der Waals surface area contributed by atoms with E-state index >= 15 is 0 Å². The van der Waals surface area contributed by atoms with Crippen molar-refractivity contribution in [3.05, 3.63) is 88.7 Å². The smallest absolute Gasteiger partial charge is 0.278 e. The number of allylic oxidation sites excluding steroid dienone is 3. The number of imidazole rings is 1. The second-order valence-corrected chi connectivity index (χ2v) is 8.53. The summed E-state index contributed by atoms with van der Waals surface area (Å²) < 4.78 is 4.30. The number of fused-ring (bicyclic) bond motifs is 1. The second-order valence-electron chi connectivity index (χ2n) is 8.09. The number of nitrogens with zero attached hydrogens (tertiary/aromatic N) is 3. The quantitative estimate of drug-likeness (QED) is 0.390. The molecule has 6 heteroatoms. The van der Waals surface area contributed by atoms with E-state index in [9.17, 15) is 9.59 Å². The zero-order valence-electron chi connectivity index (χ0n) is 18.4. The highest BCUT2D eigenvalue weighted by atomic mass is 35.5.